The number of hydrogen-bond donors (Lipinski definition) is 1. The molecule has 0 bridgehead atoms. The summed E-state index contributed by atoms with van der Waals surface area (Å²) in [6.45, 7) is 3.18. The van der Waals surface area contributed by atoms with E-state index in [2.05, 4.69) is 0 Å². The summed E-state index contributed by atoms with van der Waals surface area (Å²) in [5.74, 6) is -0.00102. The van der Waals surface area contributed by atoms with Gasteiger partial charge in [0.15, 0.2) is 0 Å². The van der Waals surface area contributed by atoms with Crippen LogP contribution in [-0.2, 0) is 9.53 Å². The summed E-state index contributed by atoms with van der Waals surface area (Å²) in [6, 6.07) is -0.355. The van der Waals surface area contributed by atoms with E-state index in [1.165, 1.54) is 0 Å². The maximum atomic E-state index is 11.5. The number of carbonyl (C=O) groups excluding carboxylic acids is 1. The number of hydrogen-bond acceptors (Lipinski definition) is 3. The second-order valence-electron chi connectivity index (χ2n) is 3.15. The predicted molar refractivity (Wildman–Crippen MR) is 52.4 cm³/mol. The quantitative estimate of drug-likeness (QED) is 0.648. The molecule has 0 aromatic carbocycles. The van der Waals surface area contributed by atoms with Crippen molar-refractivity contribution >= 4 is 5.91 Å². The van der Waals surface area contributed by atoms with E-state index in [0.29, 0.717) is 13.2 Å². The molecule has 0 aromatic heterocycles. The highest BCUT2D eigenvalue weighted by Gasteiger charge is 2.16. The summed E-state index contributed by atoms with van der Waals surface area (Å²) in [7, 11) is 3.36. The Labute approximate surface area is 80.0 Å². The Kier molecular flexibility index (Phi) is 6.54. The number of nitrogens with zero attached hydrogens (tertiary/aromatic N) is 1. The van der Waals surface area contributed by atoms with Gasteiger partial charge in [0.05, 0.1) is 12.6 Å². The molecule has 0 spiro atoms. The lowest BCUT2D eigenvalue weighted by Crippen LogP contribution is -2.42. The third-order valence-electron chi connectivity index (χ3n) is 1.92. The second kappa shape index (κ2) is 6.86. The smallest absolute Gasteiger partial charge is 0.239 e. The molecule has 0 unspecified atom stereocenters. The zero-order valence-electron chi connectivity index (χ0n) is 8.75. The Balaban J connectivity index is 3.79. The lowest BCUT2D eigenvalue weighted by Gasteiger charge is -2.20. The van der Waals surface area contributed by atoms with Crippen molar-refractivity contribution in [3.8, 4) is 0 Å². The molecule has 4 nitrogen and oxygen atoms in total. The molecule has 0 saturated heterocycles. The van der Waals surface area contributed by atoms with E-state index < -0.39 is 0 Å². The summed E-state index contributed by atoms with van der Waals surface area (Å²) in [4.78, 5) is 13.1. The molecule has 0 aliphatic heterocycles. The number of carbonyl (C=O) groups is 1. The maximum Gasteiger partial charge on any atom is 0.239 e. The second-order valence-corrected chi connectivity index (χ2v) is 3.15. The highest BCUT2D eigenvalue weighted by molar-refractivity contribution is 5.81. The zero-order valence-corrected chi connectivity index (χ0v) is 8.75. The molecule has 0 fully saturated rings. The van der Waals surface area contributed by atoms with E-state index in [1.807, 2.05) is 6.92 Å². The summed E-state index contributed by atoms with van der Waals surface area (Å²) < 4.78 is 4.87. The Morgan fingerprint density at radius 2 is 2.23 bits per heavy atom. The van der Waals surface area contributed by atoms with Crippen LogP contribution in [-0.4, -0.2) is 44.2 Å². The van der Waals surface area contributed by atoms with Crippen LogP contribution in [0.3, 0.4) is 0 Å². The normalized spacial score (nSPS) is 12.6. The SMILES string of the molecule is CCC[C@@H](N)C(=O)N(C)CCOC. The molecule has 0 rings (SSSR count). The summed E-state index contributed by atoms with van der Waals surface area (Å²) in [5, 5.41) is 0. The Bertz CT molecular complexity index is 151. The lowest BCUT2D eigenvalue weighted by molar-refractivity contribution is -0.132. The van der Waals surface area contributed by atoms with Crippen molar-refractivity contribution in [3.63, 3.8) is 0 Å². The number of rotatable bonds is 6. The summed E-state index contributed by atoms with van der Waals surface area (Å²) in [5.41, 5.74) is 5.67. The first-order valence-electron chi connectivity index (χ1n) is 4.63. The molecule has 78 valence electrons. The fourth-order valence-corrected chi connectivity index (χ4v) is 1.06. The van der Waals surface area contributed by atoms with Crippen LogP contribution in [0.15, 0.2) is 0 Å². The molecule has 4 heteroatoms. The number of nitrogens with two attached hydrogens (primary N) is 1. The first kappa shape index (κ1) is 12.4. The van der Waals surface area contributed by atoms with Gasteiger partial charge >= 0.3 is 0 Å². The van der Waals surface area contributed by atoms with E-state index in [0.717, 1.165) is 12.8 Å². The van der Waals surface area contributed by atoms with Gasteiger partial charge in [0.1, 0.15) is 0 Å². The largest absolute Gasteiger partial charge is 0.383 e. The minimum absolute atomic E-state index is 0.00102. The van der Waals surface area contributed by atoms with Gasteiger partial charge in [0.2, 0.25) is 5.91 Å². The number of amides is 1. The number of likely N-dealkylation sites (N-methyl/N-ethyl adjacent to an activating group) is 1. The van der Waals surface area contributed by atoms with Crippen molar-refractivity contribution in [1.29, 1.82) is 0 Å². The van der Waals surface area contributed by atoms with Crippen molar-refractivity contribution in [2.45, 2.75) is 25.8 Å². The van der Waals surface area contributed by atoms with Crippen molar-refractivity contribution in [2.24, 2.45) is 5.73 Å². The van der Waals surface area contributed by atoms with Crippen molar-refractivity contribution in [3.05, 3.63) is 0 Å². The molecule has 0 aliphatic carbocycles. The Morgan fingerprint density at radius 3 is 2.69 bits per heavy atom. The maximum absolute atomic E-state index is 11.5. The van der Waals surface area contributed by atoms with Crippen LogP contribution in [0.5, 0.6) is 0 Å². The van der Waals surface area contributed by atoms with Gasteiger partial charge in [-0.05, 0) is 6.42 Å². The molecule has 0 saturated carbocycles. The zero-order chi connectivity index (χ0) is 10.3. The van der Waals surface area contributed by atoms with Gasteiger partial charge in [-0.15, -0.1) is 0 Å². The fraction of sp³-hybridized carbons (Fsp3) is 0.889. The van der Waals surface area contributed by atoms with Crippen LogP contribution in [0, 0.1) is 0 Å². The monoisotopic (exact) mass is 188 g/mol. The van der Waals surface area contributed by atoms with E-state index in [4.69, 9.17) is 10.5 Å². The molecule has 2 N–H and O–H groups in total. The molecule has 0 radical (unpaired) electrons. The number of methoxy groups -OCH3 is 1. The van der Waals surface area contributed by atoms with Gasteiger partial charge in [0.25, 0.3) is 0 Å². The van der Waals surface area contributed by atoms with E-state index >= 15 is 0 Å². The standard InChI is InChI=1S/C9H20N2O2/c1-4-5-8(10)9(12)11(2)6-7-13-3/h8H,4-7,10H2,1-3H3/t8-/m1/s1. The van der Waals surface area contributed by atoms with Crippen LogP contribution in [0.1, 0.15) is 19.8 Å². The molecule has 1 amide bonds. The minimum atomic E-state index is -0.355. The highest BCUT2D eigenvalue weighted by Crippen LogP contribution is 1.97. The van der Waals surface area contributed by atoms with E-state index in [1.54, 1.807) is 19.1 Å². The summed E-state index contributed by atoms with van der Waals surface area (Å²) in [6.07, 6.45) is 1.68. The van der Waals surface area contributed by atoms with Crippen LogP contribution >= 0.6 is 0 Å². The molecular formula is C9H20N2O2. The van der Waals surface area contributed by atoms with Gasteiger partial charge in [0, 0.05) is 20.7 Å². The topological polar surface area (TPSA) is 55.6 Å². The summed E-state index contributed by atoms with van der Waals surface area (Å²) >= 11 is 0. The first-order chi connectivity index (χ1) is 6.13. The lowest BCUT2D eigenvalue weighted by atomic mass is 10.1. The van der Waals surface area contributed by atoms with Gasteiger partial charge in [-0.25, -0.2) is 0 Å². The van der Waals surface area contributed by atoms with Gasteiger partial charge in [-0.3, -0.25) is 4.79 Å². The van der Waals surface area contributed by atoms with Crippen molar-refractivity contribution in [1.82, 2.24) is 4.90 Å². The molecular weight excluding hydrogens is 168 g/mol. The van der Waals surface area contributed by atoms with Crippen LogP contribution in [0.4, 0.5) is 0 Å². The average molecular weight is 188 g/mol. The van der Waals surface area contributed by atoms with Crippen LogP contribution in [0.25, 0.3) is 0 Å². The fourth-order valence-electron chi connectivity index (χ4n) is 1.06. The third kappa shape index (κ3) is 4.85. The molecule has 13 heavy (non-hydrogen) atoms. The Hall–Kier alpha value is -0.610. The predicted octanol–water partition coefficient (Wildman–Crippen LogP) is 0.219. The molecule has 0 aromatic rings. The van der Waals surface area contributed by atoms with Crippen molar-refractivity contribution in [2.75, 3.05) is 27.3 Å². The van der Waals surface area contributed by atoms with Crippen molar-refractivity contribution < 1.29 is 9.53 Å². The highest BCUT2D eigenvalue weighted by atomic mass is 16.5. The first-order valence-corrected chi connectivity index (χ1v) is 4.63. The van der Waals surface area contributed by atoms with Gasteiger partial charge in [-0.2, -0.15) is 0 Å². The minimum Gasteiger partial charge on any atom is -0.383 e. The van der Waals surface area contributed by atoms with Gasteiger partial charge < -0.3 is 15.4 Å². The van der Waals surface area contributed by atoms with Gasteiger partial charge in [-0.1, -0.05) is 13.3 Å². The average Bonchev–Trinajstić information content (AvgIpc) is 2.13. The number of ether oxygens (including phenoxy) is 1. The van der Waals surface area contributed by atoms with Crippen LogP contribution in [0.2, 0.25) is 0 Å². The third-order valence-corrected chi connectivity index (χ3v) is 1.92. The Morgan fingerprint density at radius 1 is 1.62 bits per heavy atom. The molecule has 1 atom stereocenters. The van der Waals surface area contributed by atoms with E-state index in [-0.39, 0.29) is 11.9 Å². The molecule has 0 aliphatic rings. The molecule has 0 heterocycles. The van der Waals surface area contributed by atoms with E-state index in [9.17, 15) is 4.79 Å². The van der Waals surface area contributed by atoms with Crippen LogP contribution < -0.4 is 5.73 Å².